The van der Waals surface area contributed by atoms with E-state index in [1.54, 1.807) is 18.2 Å². The average molecular weight is 265 g/mol. The molecule has 0 radical (unpaired) electrons. The van der Waals surface area contributed by atoms with Crippen LogP contribution in [0.25, 0.3) is 22.0 Å². The number of phenolic OH excluding ortho intramolecular Hbond substituents is 1. The normalized spacial score (nSPS) is 10.6. The number of aromatic hydroxyl groups is 1. The van der Waals surface area contributed by atoms with Crippen LogP contribution >= 0.6 is 0 Å². The highest BCUT2D eigenvalue weighted by Gasteiger charge is 2.12. The maximum atomic E-state index is 11.2. The van der Waals surface area contributed by atoms with Gasteiger partial charge in [-0.25, -0.2) is 9.78 Å². The average Bonchev–Trinajstić information content (AvgIpc) is 2.46. The van der Waals surface area contributed by atoms with Crippen molar-refractivity contribution in [1.29, 1.82) is 0 Å². The van der Waals surface area contributed by atoms with Crippen molar-refractivity contribution in [2.45, 2.75) is 0 Å². The standard InChI is InChI=1S/C16H11NO3/c18-11-6-7-12-13(10-4-2-1-3-5-10)9-15(16(19)20)17-14(12)8-11/h1-9,18H,(H,19,20). The Bertz CT molecular complexity index is 797. The van der Waals surface area contributed by atoms with Gasteiger partial charge >= 0.3 is 5.97 Å². The summed E-state index contributed by atoms with van der Waals surface area (Å²) in [6, 6.07) is 15.8. The summed E-state index contributed by atoms with van der Waals surface area (Å²) in [5.41, 5.74) is 2.12. The fourth-order valence-corrected chi connectivity index (χ4v) is 2.18. The first-order valence-electron chi connectivity index (χ1n) is 6.07. The Morgan fingerprint density at radius 2 is 1.75 bits per heavy atom. The van der Waals surface area contributed by atoms with Crippen LogP contribution in [-0.4, -0.2) is 21.2 Å². The maximum absolute atomic E-state index is 11.2. The Morgan fingerprint density at radius 3 is 2.45 bits per heavy atom. The minimum absolute atomic E-state index is 0.0399. The molecule has 0 aliphatic heterocycles. The molecule has 2 aromatic carbocycles. The summed E-state index contributed by atoms with van der Waals surface area (Å²) in [5.74, 6) is -1.03. The van der Waals surface area contributed by atoms with Gasteiger partial charge in [0.05, 0.1) is 5.52 Å². The van der Waals surface area contributed by atoms with Crippen LogP contribution in [-0.2, 0) is 0 Å². The quantitative estimate of drug-likeness (QED) is 0.745. The van der Waals surface area contributed by atoms with Crippen molar-refractivity contribution in [2.24, 2.45) is 0 Å². The van der Waals surface area contributed by atoms with Crippen molar-refractivity contribution in [3.63, 3.8) is 0 Å². The number of rotatable bonds is 2. The lowest BCUT2D eigenvalue weighted by atomic mass is 10.00. The van der Waals surface area contributed by atoms with Gasteiger partial charge in [-0.3, -0.25) is 0 Å². The first kappa shape index (κ1) is 12.2. The Labute approximate surface area is 115 Å². The summed E-state index contributed by atoms with van der Waals surface area (Å²) in [6.45, 7) is 0. The lowest BCUT2D eigenvalue weighted by molar-refractivity contribution is 0.0691. The maximum Gasteiger partial charge on any atom is 0.354 e. The van der Waals surface area contributed by atoms with E-state index in [9.17, 15) is 9.90 Å². The van der Waals surface area contributed by atoms with Crippen LogP contribution < -0.4 is 0 Å². The molecule has 3 rings (SSSR count). The van der Waals surface area contributed by atoms with Crippen LogP contribution in [0, 0.1) is 0 Å². The van der Waals surface area contributed by atoms with Gasteiger partial charge < -0.3 is 10.2 Å². The van der Waals surface area contributed by atoms with Crippen molar-refractivity contribution >= 4 is 16.9 Å². The molecule has 0 bridgehead atoms. The number of phenols is 1. The lowest BCUT2D eigenvalue weighted by Crippen LogP contribution is -2.01. The van der Waals surface area contributed by atoms with Crippen LogP contribution in [0.1, 0.15) is 10.5 Å². The molecule has 0 saturated heterocycles. The molecular weight excluding hydrogens is 254 g/mol. The van der Waals surface area contributed by atoms with Crippen LogP contribution in [0.15, 0.2) is 54.6 Å². The van der Waals surface area contributed by atoms with E-state index in [-0.39, 0.29) is 11.4 Å². The lowest BCUT2D eigenvalue weighted by Gasteiger charge is -2.08. The number of carboxylic acids is 1. The predicted molar refractivity (Wildman–Crippen MR) is 75.8 cm³/mol. The monoisotopic (exact) mass is 265 g/mol. The molecule has 0 atom stereocenters. The zero-order chi connectivity index (χ0) is 14.1. The molecule has 0 spiro atoms. The smallest absolute Gasteiger partial charge is 0.354 e. The van der Waals surface area contributed by atoms with E-state index >= 15 is 0 Å². The van der Waals surface area contributed by atoms with Crippen molar-refractivity contribution in [1.82, 2.24) is 4.98 Å². The van der Waals surface area contributed by atoms with Gasteiger partial charge in [0.25, 0.3) is 0 Å². The van der Waals surface area contributed by atoms with Gasteiger partial charge in [-0.2, -0.15) is 0 Å². The number of fused-ring (bicyclic) bond motifs is 1. The third kappa shape index (κ3) is 2.07. The van der Waals surface area contributed by atoms with Gasteiger partial charge in [0.2, 0.25) is 0 Å². The van der Waals surface area contributed by atoms with Gasteiger partial charge in [0, 0.05) is 11.5 Å². The Balaban J connectivity index is 2.37. The van der Waals surface area contributed by atoms with Crippen molar-refractivity contribution in [3.05, 3.63) is 60.3 Å². The SMILES string of the molecule is O=C(O)c1cc(-c2ccccc2)c2ccc(O)cc2n1. The number of carbonyl (C=O) groups is 1. The van der Waals surface area contributed by atoms with E-state index in [0.717, 1.165) is 16.5 Å². The van der Waals surface area contributed by atoms with Crippen LogP contribution in [0.2, 0.25) is 0 Å². The van der Waals surface area contributed by atoms with E-state index in [4.69, 9.17) is 5.11 Å². The number of nitrogens with zero attached hydrogens (tertiary/aromatic N) is 1. The van der Waals surface area contributed by atoms with E-state index in [1.807, 2.05) is 30.3 Å². The van der Waals surface area contributed by atoms with Crippen molar-refractivity contribution in [3.8, 4) is 16.9 Å². The van der Waals surface area contributed by atoms with Crippen LogP contribution in [0.5, 0.6) is 5.75 Å². The van der Waals surface area contributed by atoms with E-state index < -0.39 is 5.97 Å². The Kier molecular flexibility index (Phi) is 2.84. The molecule has 20 heavy (non-hydrogen) atoms. The molecule has 0 fully saturated rings. The molecule has 4 heteroatoms. The number of benzene rings is 2. The molecule has 3 aromatic rings. The fraction of sp³-hybridized carbons (Fsp3) is 0. The molecule has 0 unspecified atom stereocenters. The largest absolute Gasteiger partial charge is 0.508 e. The highest BCUT2D eigenvalue weighted by atomic mass is 16.4. The number of hydrogen-bond donors (Lipinski definition) is 2. The summed E-state index contributed by atoms with van der Waals surface area (Å²) in [5, 5.41) is 19.5. The number of pyridine rings is 1. The molecular formula is C16H11NO3. The summed E-state index contributed by atoms with van der Waals surface area (Å²) < 4.78 is 0. The number of hydrogen-bond acceptors (Lipinski definition) is 3. The first-order chi connectivity index (χ1) is 9.65. The second kappa shape index (κ2) is 4.66. The van der Waals surface area contributed by atoms with Crippen LogP contribution in [0.4, 0.5) is 0 Å². The third-order valence-corrected chi connectivity index (χ3v) is 3.10. The summed E-state index contributed by atoms with van der Waals surface area (Å²) in [4.78, 5) is 15.3. The third-order valence-electron chi connectivity index (χ3n) is 3.10. The minimum atomic E-state index is -1.09. The zero-order valence-corrected chi connectivity index (χ0v) is 10.4. The molecule has 0 aliphatic rings. The summed E-state index contributed by atoms with van der Waals surface area (Å²) in [7, 11) is 0. The van der Waals surface area contributed by atoms with Gasteiger partial charge in [-0.15, -0.1) is 0 Å². The fourth-order valence-electron chi connectivity index (χ4n) is 2.18. The summed E-state index contributed by atoms with van der Waals surface area (Å²) in [6.07, 6.45) is 0. The minimum Gasteiger partial charge on any atom is -0.508 e. The van der Waals surface area contributed by atoms with E-state index in [0.29, 0.717) is 5.52 Å². The zero-order valence-electron chi connectivity index (χ0n) is 10.4. The van der Waals surface area contributed by atoms with Crippen molar-refractivity contribution in [2.75, 3.05) is 0 Å². The van der Waals surface area contributed by atoms with Gasteiger partial charge in [-0.05, 0) is 29.3 Å². The molecule has 1 heterocycles. The summed E-state index contributed by atoms with van der Waals surface area (Å²) >= 11 is 0. The van der Waals surface area contributed by atoms with Crippen molar-refractivity contribution < 1.29 is 15.0 Å². The molecule has 2 N–H and O–H groups in total. The molecule has 0 saturated carbocycles. The highest BCUT2D eigenvalue weighted by molar-refractivity contribution is 5.99. The Hall–Kier alpha value is -2.88. The number of carboxylic acid groups (broad SMARTS) is 1. The van der Waals surface area contributed by atoms with E-state index in [1.165, 1.54) is 6.07 Å². The first-order valence-corrected chi connectivity index (χ1v) is 6.07. The second-order valence-electron chi connectivity index (χ2n) is 4.43. The second-order valence-corrected chi connectivity index (χ2v) is 4.43. The van der Waals surface area contributed by atoms with Gasteiger partial charge in [0.1, 0.15) is 11.4 Å². The predicted octanol–water partition coefficient (Wildman–Crippen LogP) is 3.31. The molecule has 0 aliphatic carbocycles. The van der Waals surface area contributed by atoms with Gasteiger partial charge in [0.15, 0.2) is 0 Å². The highest BCUT2D eigenvalue weighted by Crippen LogP contribution is 2.30. The van der Waals surface area contributed by atoms with Gasteiger partial charge in [-0.1, -0.05) is 30.3 Å². The topological polar surface area (TPSA) is 70.4 Å². The molecule has 0 amide bonds. The van der Waals surface area contributed by atoms with E-state index in [2.05, 4.69) is 4.98 Å². The molecule has 1 aromatic heterocycles. The number of aromatic nitrogens is 1. The molecule has 98 valence electrons. The van der Waals surface area contributed by atoms with Crippen LogP contribution in [0.3, 0.4) is 0 Å². The Morgan fingerprint density at radius 1 is 1.00 bits per heavy atom. The molecule has 4 nitrogen and oxygen atoms in total. The number of aromatic carboxylic acids is 1.